The Morgan fingerprint density at radius 3 is 2.63 bits per heavy atom. The lowest BCUT2D eigenvalue weighted by atomic mass is 10.2. The number of aromatic nitrogens is 2. The van der Waals surface area contributed by atoms with Crippen LogP contribution in [0.5, 0.6) is 0 Å². The van der Waals surface area contributed by atoms with Crippen molar-refractivity contribution in [1.82, 2.24) is 9.55 Å². The van der Waals surface area contributed by atoms with Gasteiger partial charge < -0.3 is 5.32 Å². The average Bonchev–Trinajstić information content (AvgIpc) is 2.68. The number of fused-ring (bicyclic) bond motifs is 1. The molecular formula is C20H21N3O2S2. The molecule has 1 unspecified atom stereocenters. The van der Waals surface area contributed by atoms with E-state index in [4.69, 9.17) is 0 Å². The van der Waals surface area contributed by atoms with Gasteiger partial charge in [0.05, 0.1) is 21.8 Å². The number of anilines is 1. The van der Waals surface area contributed by atoms with Crippen molar-refractivity contribution in [3.63, 3.8) is 0 Å². The molecule has 0 fully saturated rings. The quantitative estimate of drug-likeness (QED) is 0.496. The summed E-state index contributed by atoms with van der Waals surface area (Å²) in [5.41, 5.74) is 1.36. The highest BCUT2D eigenvalue weighted by atomic mass is 32.2. The monoisotopic (exact) mass is 399 g/mol. The first-order valence-electron chi connectivity index (χ1n) is 8.65. The Morgan fingerprint density at radius 1 is 1.19 bits per heavy atom. The Labute approximate surface area is 166 Å². The highest BCUT2D eigenvalue weighted by Crippen LogP contribution is 2.27. The first-order chi connectivity index (χ1) is 13.0. The van der Waals surface area contributed by atoms with Crippen molar-refractivity contribution in [3.05, 3.63) is 58.9 Å². The molecular weight excluding hydrogens is 378 g/mol. The number of thioether (sulfide) groups is 2. The molecule has 0 radical (unpaired) electrons. The number of carbonyl (C=O) groups excluding carboxylic acids is 1. The maximum atomic E-state index is 12.7. The van der Waals surface area contributed by atoms with E-state index in [0.717, 1.165) is 10.6 Å². The van der Waals surface area contributed by atoms with Gasteiger partial charge in [0.15, 0.2) is 5.16 Å². The molecule has 3 aromatic rings. The van der Waals surface area contributed by atoms with Gasteiger partial charge in [0, 0.05) is 11.4 Å². The smallest absolute Gasteiger partial charge is 0.262 e. The number of nitrogens with zero attached hydrogens (tertiary/aromatic N) is 2. The van der Waals surface area contributed by atoms with E-state index in [1.807, 2.05) is 62.6 Å². The Morgan fingerprint density at radius 2 is 1.89 bits per heavy atom. The molecule has 0 saturated heterocycles. The van der Waals surface area contributed by atoms with Crippen LogP contribution >= 0.6 is 23.5 Å². The number of para-hydroxylation sites is 2. The molecule has 1 heterocycles. The van der Waals surface area contributed by atoms with Gasteiger partial charge in [0.2, 0.25) is 5.91 Å². The average molecular weight is 400 g/mol. The number of nitrogens with one attached hydrogen (secondary N) is 1. The SMILES string of the molecule is CCn1c(SC(C)C(=O)Nc2ccccc2SC)nc2ccccc2c1=O. The fraction of sp³-hybridized carbons (Fsp3) is 0.250. The number of benzene rings is 2. The Balaban J connectivity index is 1.86. The van der Waals surface area contributed by atoms with Gasteiger partial charge in [-0.05, 0) is 44.4 Å². The predicted octanol–water partition coefficient (Wildman–Crippen LogP) is 4.26. The van der Waals surface area contributed by atoms with Gasteiger partial charge in [-0.2, -0.15) is 0 Å². The van der Waals surface area contributed by atoms with Gasteiger partial charge in [-0.3, -0.25) is 14.2 Å². The number of carbonyl (C=O) groups is 1. The summed E-state index contributed by atoms with van der Waals surface area (Å²) in [6, 6.07) is 15.0. The second kappa shape index (κ2) is 8.63. The maximum absolute atomic E-state index is 12.7. The van der Waals surface area contributed by atoms with E-state index in [0.29, 0.717) is 22.6 Å². The maximum Gasteiger partial charge on any atom is 0.262 e. The predicted molar refractivity (Wildman–Crippen MR) is 114 cm³/mol. The van der Waals surface area contributed by atoms with E-state index in [1.54, 1.807) is 22.4 Å². The fourth-order valence-corrected chi connectivity index (χ4v) is 4.24. The van der Waals surface area contributed by atoms with Gasteiger partial charge in [0.1, 0.15) is 0 Å². The van der Waals surface area contributed by atoms with Crippen LogP contribution in [-0.4, -0.2) is 27.0 Å². The van der Waals surface area contributed by atoms with Crippen molar-refractivity contribution in [2.75, 3.05) is 11.6 Å². The summed E-state index contributed by atoms with van der Waals surface area (Å²) in [5, 5.41) is 3.73. The number of rotatable bonds is 6. The lowest BCUT2D eigenvalue weighted by Gasteiger charge is -2.16. The van der Waals surface area contributed by atoms with Crippen LogP contribution < -0.4 is 10.9 Å². The standard InChI is InChI=1S/C20H21N3O2S2/c1-4-23-19(25)14-9-5-6-10-15(14)22-20(23)27-13(2)18(24)21-16-11-7-8-12-17(16)26-3/h5-13H,4H2,1-3H3,(H,21,24). The van der Waals surface area contributed by atoms with Crippen LogP contribution in [0.4, 0.5) is 5.69 Å². The Bertz CT molecular complexity index is 1030. The minimum atomic E-state index is -0.397. The summed E-state index contributed by atoms with van der Waals surface area (Å²) >= 11 is 2.88. The lowest BCUT2D eigenvalue weighted by molar-refractivity contribution is -0.115. The van der Waals surface area contributed by atoms with Gasteiger partial charge >= 0.3 is 0 Å². The molecule has 7 heteroatoms. The van der Waals surface area contributed by atoms with Crippen molar-refractivity contribution in [2.24, 2.45) is 0 Å². The molecule has 0 spiro atoms. The third-order valence-corrected chi connectivity index (χ3v) is 6.05. The second-order valence-corrected chi connectivity index (χ2v) is 8.07. The first kappa shape index (κ1) is 19.5. The molecule has 5 nitrogen and oxygen atoms in total. The van der Waals surface area contributed by atoms with Crippen molar-refractivity contribution >= 4 is 46.0 Å². The van der Waals surface area contributed by atoms with Crippen molar-refractivity contribution in [2.45, 2.75) is 35.7 Å². The number of amides is 1. The van der Waals surface area contributed by atoms with Gasteiger partial charge in [0.25, 0.3) is 5.56 Å². The third-order valence-electron chi connectivity index (χ3n) is 4.16. The van der Waals surface area contributed by atoms with E-state index in [1.165, 1.54) is 11.8 Å². The van der Waals surface area contributed by atoms with Crippen LogP contribution in [0.2, 0.25) is 0 Å². The van der Waals surface area contributed by atoms with Crippen molar-refractivity contribution in [3.8, 4) is 0 Å². The number of hydrogen-bond donors (Lipinski definition) is 1. The molecule has 0 bridgehead atoms. The van der Waals surface area contributed by atoms with Crippen molar-refractivity contribution < 1.29 is 4.79 Å². The van der Waals surface area contributed by atoms with Crippen LogP contribution in [0, 0.1) is 0 Å². The summed E-state index contributed by atoms with van der Waals surface area (Å²) in [7, 11) is 0. The molecule has 0 aliphatic carbocycles. The van der Waals surface area contributed by atoms with Crippen LogP contribution in [0.1, 0.15) is 13.8 Å². The molecule has 1 N–H and O–H groups in total. The van der Waals surface area contributed by atoms with Gasteiger partial charge in [-0.1, -0.05) is 36.0 Å². The zero-order chi connectivity index (χ0) is 19.4. The van der Waals surface area contributed by atoms with Gasteiger partial charge in [-0.15, -0.1) is 11.8 Å². The minimum absolute atomic E-state index is 0.0778. The largest absolute Gasteiger partial charge is 0.324 e. The van der Waals surface area contributed by atoms with E-state index in [-0.39, 0.29) is 11.5 Å². The molecule has 27 heavy (non-hydrogen) atoms. The zero-order valence-electron chi connectivity index (χ0n) is 15.4. The van der Waals surface area contributed by atoms with Crippen molar-refractivity contribution in [1.29, 1.82) is 0 Å². The molecule has 3 rings (SSSR count). The van der Waals surface area contributed by atoms with E-state index in [2.05, 4.69) is 10.3 Å². The zero-order valence-corrected chi connectivity index (χ0v) is 17.1. The third kappa shape index (κ3) is 4.20. The summed E-state index contributed by atoms with van der Waals surface area (Å²) in [5.74, 6) is -0.119. The highest BCUT2D eigenvalue weighted by Gasteiger charge is 2.19. The minimum Gasteiger partial charge on any atom is -0.324 e. The molecule has 0 aliphatic rings. The highest BCUT2D eigenvalue weighted by molar-refractivity contribution is 8.00. The van der Waals surface area contributed by atoms with E-state index in [9.17, 15) is 9.59 Å². The topological polar surface area (TPSA) is 64.0 Å². The second-order valence-electron chi connectivity index (χ2n) is 5.91. The Hall–Kier alpha value is -2.25. The summed E-state index contributed by atoms with van der Waals surface area (Å²) < 4.78 is 1.62. The summed E-state index contributed by atoms with van der Waals surface area (Å²) in [4.78, 5) is 31.0. The fourth-order valence-electron chi connectivity index (χ4n) is 2.71. The first-order valence-corrected chi connectivity index (χ1v) is 10.8. The molecule has 0 saturated carbocycles. The summed E-state index contributed by atoms with van der Waals surface area (Å²) in [6.45, 7) is 4.23. The summed E-state index contributed by atoms with van der Waals surface area (Å²) in [6.07, 6.45) is 1.97. The molecule has 1 amide bonds. The van der Waals surface area contributed by atoms with Crippen LogP contribution in [0.3, 0.4) is 0 Å². The molecule has 1 aromatic heterocycles. The van der Waals surface area contributed by atoms with Crippen LogP contribution in [-0.2, 0) is 11.3 Å². The molecule has 0 aliphatic heterocycles. The number of hydrogen-bond acceptors (Lipinski definition) is 5. The lowest BCUT2D eigenvalue weighted by Crippen LogP contribution is -2.26. The van der Waals surface area contributed by atoms with Crippen LogP contribution in [0.15, 0.2) is 63.4 Å². The molecule has 1 atom stereocenters. The molecule has 2 aromatic carbocycles. The van der Waals surface area contributed by atoms with E-state index >= 15 is 0 Å². The Kier molecular flexibility index (Phi) is 6.23. The molecule has 140 valence electrons. The van der Waals surface area contributed by atoms with Crippen LogP contribution in [0.25, 0.3) is 10.9 Å². The normalized spacial score (nSPS) is 12.1. The van der Waals surface area contributed by atoms with E-state index < -0.39 is 5.25 Å². The van der Waals surface area contributed by atoms with Gasteiger partial charge in [-0.25, -0.2) is 4.98 Å².